The molecule has 0 fully saturated rings. The van der Waals surface area contributed by atoms with Gasteiger partial charge < -0.3 is 0 Å². The summed E-state index contributed by atoms with van der Waals surface area (Å²) in [4.78, 5) is 0. The summed E-state index contributed by atoms with van der Waals surface area (Å²) in [6.45, 7) is 0. The predicted molar refractivity (Wildman–Crippen MR) is 38.9 cm³/mol. The van der Waals surface area contributed by atoms with Crippen LogP contribution in [0.3, 0.4) is 0 Å². The van der Waals surface area contributed by atoms with Gasteiger partial charge in [0.05, 0.1) is 17.1 Å². The molecular weight excluding hydrogens is 178 g/mol. The van der Waals surface area contributed by atoms with Gasteiger partial charge in [0.2, 0.25) is 0 Å². The fourth-order valence-electron chi connectivity index (χ4n) is 0.353. The van der Waals surface area contributed by atoms with Gasteiger partial charge in [0.1, 0.15) is 0 Å². The molecule has 1 aromatic rings. The Labute approximate surface area is 67.7 Å². The molecule has 1 aromatic carbocycles. The number of benzene rings is 1. The third-order valence-corrected chi connectivity index (χ3v) is 1.10. The molecule has 0 saturated heterocycles. The molecular formula is C7H4BrN. The molecule has 2 heteroatoms. The zero-order valence-corrected chi connectivity index (χ0v) is 5.91. The molecule has 1 nitrogen and oxygen atoms in total. The van der Waals surface area contributed by atoms with E-state index in [0.29, 0.717) is 0 Å². The fourth-order valence-corrected chi connectivity index (χ4v) is 0.551. The number of hydrogen-bond donors (Lipinski definition) is 0. The Bertz CT molecular complexity index is 381. The first-order valence-corrected chi connectivity index (χ1v) is 2.96. The van der Waals surface area contributed by atoms with E-state index in [2.05, 4.69) is 15.9 Å². The van der Waals surface area contributed by atoms with Gasteiger partial charge >= 0.3 is 0 Å². The molecule has 0 N–H and O–H groups in total. The third-order valence-electron chi connectivity index (χ3n) is 0.706. The highest BCUT2D eigenvalue weighted by atomic mass is 79.9. The van der Waals surface area contributed by atoms with Gasteiger partial charge in [0.25, 0.3) is 0 Å². The summed E-state index contributed by atoms with van der Waals surface area (Å²) >= 11 is 2.92. The minimum Gasteiger partial charge on any atom is -0.192 e. The van der Waals surface area contributed by atoms with Crippen molar-refractivity contribution in [2.75, 3.05) is 0 Å². The molecule has 0 aliphatic rings. The standard InChI is InChI=1S/C7H4BrN/c8-7-3-1-6(5-9)2-4-7/h1-4H/i1D,2D,3D,4D. The smallest absolute Gasteiger partial charge is 0.0991 e. The zero-order valence-electron chi connectivity index (χ0n) is 8.33. The van der Waals surface area contributed by atoms with E-state index in [9.17, 15) is 0 Å². The molecule has 0 atom stereocenters. The van der Waals surface area contributed by atoms with E-state index in [-0.39, 0.29) is 34.2 Å². The molecule has 0 amide bonds. The van der Waals surface area contributed by atoms with E-state index in [4.69, 9.17) is 10.7 Å². The number of nitrogens with zero attached hydrogens (tertiary/aromatic N) is 1. The van der Waals surface area contributed by atoms with E-state index < -0.39 is 0 Å². The summed E-state index contributed by atoms with van der Waals surface area (Å²) in [5.41, 5.74) is -0.224. The van der Waals surface area contributed by atoms with Crippen molar-refractivity contribution in [1.82, 2.24) is 0 Å². The minimum atomic E-state index is -0.310. The van der Waals surface area contributed by atoms with Crippen molar-refractivity contribution >= 4 is 15.9 Å². The fraction of sp³-hybridized carbons (Fsp3) is 0. The SMILES string of the molecule is [2H]c1c([2H])c(C#N)c([2H])c([2H])c1Br. The van der Waals surface area contributed by atoms with Crippen LogP contribution < -0.4 is 0 Å². The number of halogens is 1. The second kappa shape index (κ2) is 2.65. The second-order valence-corrected chi connectivity index (χ2v) is 2.09. The molecule has 1 rings (SSSR count). The monoisotopic (exact) mass is 185 g/mol. The Hall–Kier alpha value is -0.810. The molecule has 9 heavy (non-hydrogen) atoms. The van der Waals surface area contributed by atoms with E-state index in [1.807, 2.05) is 0 Å². The maximum Gasteiger partial charge on any atom is 0.0991 e. The van der Waals surface area contributed by atoms with E-state index in [1.54, 1.807) is 6.07 Å². The summed E-state index contributed by atoms with van der Waals surface area (Å²) in [7, 11) is 0. The average molecular weight is 186 g/mol. The van der Waals surface area contributed by atoms with Gasteiger partial charge in [-0.2, -0.15) is 5.26 Å². The summed E-state index contributed by atoms with van der Waals surface area (Å²) in [6.07, 6.45) is 0. The topological polar surface area (TPSA) is 23.8 Å². The highest BCUT2D eigenvalue weighted by Gasteiger charge is 1.86. The van der Waals surface area contributed by atoms with Crippen molar-refractivity contribution in [1.29, 1.82) is 5.26 Å². The number of hydrogen-bond acceptors (Lipinski definition) is 1. The summed E-state index contributed by atoms with van der Waals surface area (Å²) < 4.78 is 29.4. The lowest BCUT2D eigenvalue weighted by Gasteiger charge is -1.86. The first kappa shape index (κ1) is 2.85. The van der Waals surface area contributed by atoms with Gasteiger partial charge in [0, 0.05) is 4.47 Å². The second-order valence-electron chi connectivity index (χ2n) is 1.30. The van der Waals surface area contributed by atoms with Crippen LogP contribution in [0, 0.1) is 11.3 Å². The first-order chi connectivity index (χ1) is 6.00. The van der Waals surface area contributed by atoms with E-state index in [1.165, 1.54) is 0 Å². The van der Waals surface area contributed by atoms with Crippen molar-refractivity contribution < 1.29 is 5.48 Å². The van der Waals surface area contributed by atoms with Gasteiger partial charge in [-0.1, -0.05) is 15.9 Å². The molecule has 0 aromatic heterocycles. The van der Waals surface area contributed by atoms with Gasteiger partial charge in [-0.05, 0) is 24.2 Å². The molecule has 0 spiro atoms. The lowest BCUT2D eigenvalue weighted by Crippen LogP contribution is -1.69. The van der Waals surface area contributed by atoms with Crippen LogP contribution in [0.2, 0.25) is 0 Å². The van der Waals surface area contributed by atoms with Gasteiger partial charge in [-0.25, -0.2) is 0 Å². The van der Waals surface area contributed by atoms with Crippen molar-refractivity contribution in [3.63, 3.8) is 0 Å². The average Bonchev–Trinajstić information content (AvgIpc) is 2.13. The quantitative estimate of drug-likeness (QED) is 0.609. The van der Waals surface area contributed by atoms with Crippen molar-refractivity contribution in [2.24, 2.45) is 0 Å². The van der Waals surface area contributed by atoms with Crippen molar-refractivity contribution in [3.8, 4) is 6.07 Å². The van der Waals surface area contributed by atoms with Crippen LogP contribution in [0.4, 0.5) is 0 Å². The lowest BCUT2D eigenvalue weighted by molar-refractivity contribution is 1.48. The summed E-state index contributed by atoms with van der Waals surface area (Å²) in [5, 5.41) is 8.57. The molecule has 0 unspecified atom stereocenters. The van der Waals surface area contributed by atoms with Crippen LogP contribution in [-0.2, 0) is 0 Å². The first-order valence-electron chi connectivity index (χ1n) is 4.16. The highest BCUT2D eigenvalue weighted by Crippen LogP contribution is 2.08. The van der Waals surface area contributed by atoms with Gasteiger partial charge in [-0.15, -0.1) is 0 Å². The Morgan fingerprint density at radius 2 is 2.00 bits per heavy atom. The Kier molecular flexibility index (Phi) is 0.840. The van der Waals surface area contributed by atoms with Crippen LogP contribution in [0.5, 0.6) is 0 Å². The van der Waals surface area contributed by atoms with Crippen molar-refractivity contribution in [2.45, 2.75) is 0 Å². The predicted octanol–water partition coefficient (Wildman–Crippen LogP) is 2.32. The van der Waals surface area contributed by atoms with Crippen LogP contribution in [-0.4, -0.2) is 0 Å². The highest BCUT2D eigenvalue weighted by molar-refractivity contribution is 9.10. The molecule has 0 saturated carbocycles. The molecule has 0 bridgehead atoms. The summed E-state index contributed by atoms with van der Waals surface area (Å²) in [6, 6.07) is 0.568. The maximum absolute atomic E-state index is 8.57. The minimum absolute atomic E-state index is 0.0847. The van der Waals surface area contributed by atoms with E-state index in [0.717, 1.165) is 0 Å². The number of nitriles is 1. The molecule has 44 valence electrons. The van der Waals surface area contributed by atoms with E-state index >= 15 is 0 Å². The van der Waals surface area contributed by atoms with Crippen molar-refractivity contribution in [3.05, 3.63) is 34.2 Å². The molecule has 0 radical (unpaired) electrons. The largest absolute Gasteiger partial charge is 0.192 e. The van der Waals surface area contributed by atoms with Crippen LogP contribution >= 0.6 is 15.9 Å². The molecule has 0 aliphatic heterocycles. The Morgan fingerprint density at radius 3 is 2.44 bits per heavy atom. The summed E-state index contributed by atoms with van der Waals surface area (Å²) in [5.74, 6) is 0. The Morgan fingerprint density at radius 1 is 1.44 bits per heavy atom. The van der Waals surface area contributed by atoms with Crippen LogP contribution in [0.15, 0.2) is 28.6 Å². The normalized spacial score (nSPS) is 14.7. The zero-order chi connectivity index (χ0) is 10.2. The van der Waals surface area contributed by atoms with Crippen LogP contribution in [0.1, 0.15) is 11.0 Å². The molecule has 0 aliphatic carbocycles. The van der Waals surface area contributed by atoms with Gasteiger partial charge in [0.15, 0.2) is 0 Å². The maximum atomic E-state index is 8.57. The van der Waals surface area contributed by atoms with Crippen LogP contribution in [0.25, 0.3) is 0 Å². The Balaban J connectivity index is 3.69. The molecule has 0 heterocycles. The third kappa shape index (κ3) is 1.55. The lowest BCUT2D eigenvalue weighted by atomic mass is 10.2. The number of rotatable bonds is 0. The van der Waals surface area contributed by atoms with Gasteiger partial charge in [-0.3, -0.25) is 0 Å².